The van der Waals surface area contributed by atoms with Crippen LogP contribution in [0.2, 0.25) is 5.02 Å². The van der Waals surface area contributed by atoms with Crippen molar-refractivity contribution in [1.29, 1.82) is 0 Å². The van der Waals surface area contributed by atoms with Gasteiger partial charge in [-0.1, -0.05) is 35.9 Å². The molecule has 1 aliphatic heterocycles. The van der Waals surface area contributed by atoms with E-state index in [4.69, 9.17) is 11.6 Å². The molecule has 1 nitrogen and oxygen atoms in total. The van der Waals surface area contributed by atoms with Crippen molar-refractivity contribution < 1.29 is 0 Å². The zero-order valence-electron chi connectivity index (χ0n) is 10.8. The molecule has 0 bridgehead atoms. The first-order chi connectivity index (χ1) is 9.24. The minimum absolute atomic E-state index is 0.384. The number of rotatable bonds is 2. The highest BCUT2D eigenvalue weighted by Gasteiger charge is 2.20. The van der Waals surface area contributed by atoms with E-state index < -0.39 is 0 Å². The molecule has 2 aromatic carbocycles. The summed E-state index contributed by atoms with van der Waals surface area (Å²) in [6, 6.07) is 15.1. The predicted octanol–water partition coefficient (Wildman–Crippen LogP) is 5.05. The summed E-state index contributed by atoms with van der Waals surface area (Å²) in [5.41, 5.74) is 5.24. The van der Waals surface area contributed by atoms with Gasteiger partial charge in [0, 0.05) is 22.2 Å². The molecule has 0 saturated heterocycles. The molecule has 1 unspecified atom stereocenters. The minimum Gasteiger partial charge on any atom is -0.377 e. The Labute approximate surface area is 123 Å². The molecule has 1 atom stereocenters. The van der Waals surface area contributed by atoms with Crippen LogP contribution in [0.3, 0.4) is 0 Å². The van der Waals surface area contributed by atoms with Gasteiger partial charge in [0.15, 0.2) is 0 Å². The molecule has 98 valence electrons. The Hall–Kier alpha value is -1.12. The quantitative estimate of drug-likeness (QED) is 0.830. The fraction of sp³-hybridized carbons (Fsp3) is 0.250. The summed E-state index contributed by atoms with van der Waals surface area (Å²) >= 11 is 7.99. The average molecular weight is 290 g/mol. The Morgan fingerprint density at radius 1 is 1.21 bits per heavy atom. The van der Waals surface area contributed by atoms with Crippen LogP contribution >= 0.6 is 23.4 Å². The highest BCUT2D eigenvalue weighted by Crippen LogP contribution is 2.34. The van der Waals surface area contributed by atoms with Crippen LogP contribution in [0, 0.1) is 6.92 Å². The highest BCUT2D eigenvalue weighted by atomic mass is 35.5. The van der Waals surface area contributed by atoms with Crippen LogP contribution in [0.5, 0.6) is 0 Å². The van der Waals surface area contributed by atoms with Gasteiger partial charge in [-0.3, -0.25) is 0 Å². The smallest absolute Gasteiger partial charge is 0.0607 e. The van der Waals surface area contributed by atoms with Gasteiger partial charge in [-0.2, -0.15) is 11.8 Å². The third-order valence-electron chi connectivity index (χ3n) is 3.49. The zero-order chi connectivity index (χ0) is 13.2. The summed E-state index contributed by atoms with van der Waals surface area (Å²) in [5, 5.41) is 4.45. The second-order valence-electron chi connectivity index (χ2n) is 4.87. The first-order valence-electron chi connectivity index (χ1n) is 6.42. The van der Waals surface area contributed by atoms with E-state index in [0.717, 1.165) is 16.5 Å². The Balaban J connectivity index is 1.88. The number of benzene rings is 2. The number of anilines is 1. The molecular weight excluding hydrogens is 274 g/mol. The third-order valence-corrected chi connectivity index (χ3v) is 4.81. The van der Waals surface area contributed by atoms with Crippen LogP contribution in [0.15, 0.2) is 42.5 Å². The van der Waals surface area contributed by atoms with Crippen LogP contribution < -0.4 is 5.32 Å². The molecule has 3 rings (SSSR count). The molecule has 1 N–H and O–H groups in total. The second-order valence-corrected chi connectivity index (χ2v) is 6.34. The molecule has 3 heteroatoms. The number of hydrogen-bond donors (Lipinski definition) is 1. The van der Waals surface area contributed by atoms with Crippen molar-refractivity contribution in [2.75, 3.05) is 11.1 Å². The molecular formula is C16H16ClNS. The minimum atomic E-state index is 0.384. The Kier molecular flexibility index (Phi) is 3.72. The monoisotopic (exact) mass is 289 g/mol. The second kappa shape index (κ2) is 5.48. The van der Waals surface area contributed by atoms with Crippen LogP contribution in [0.1, 0.15) is 22.7 Å². The largest absolute Gasteiger partial charge is 0.377 e. The molecule has 2 aromatic rings. The van der Waals surface area contributed by atoms with E-state index in [1.165, 1.54) is 22.4 Å². The Morgan fingerprint density at radius 3 is 2.89 bits per heavy atom. The van der Waals surface area contributed by atoms with Crippen molar-refractivity contribution in [3.8, 4) is 0 Å². The van der Waals surface area contributed by atoms with Gasteiger partial charge in [0.2, 0.25) is 0 Å². The van der Waals surface area contributed by atoms with Gasteiger partial charge in [-0.05, 0) is 41.8 Å². The molecule has 0 aromatic heterocycles. The molecule has 0 amide bonds. The summed E-state index contributed by atoms with van der Waals surface area (Å²) in [5.74, 6) is 2.23. The molecule has 1 aliphatic rings. The molecule has 0 fully saturated rings. The van der Waals surface area contributed by atoms with Crippen LogP contribution in [0.4, 0.5) is 5.69 Å². The standard InChI is InChI=1S/C16H16ClNS/c1-11-8-13(17)6-7-15(11)18-16-10-19-9-12-4-2-3-5-14(12)16/h2-8,16,18H,9-10H2,1H3. The third kappa shape index (κ3) is 2.75. The average Bonchev–Trinajstić information content (AvgIpc) is 2.42. The van der Waals surface area contributed by atoms with Crippen molar-refractivity contribution in [3.63, 3.8) is 0 Å². The molecule has 0 spiro atoms. The van der Waals surface area contributed by atoms with Gasteiger partial charge in [0.05, 0.1) is 6.04 Å². The number of fused-ring (bicyclic) bond motifs is 1. The molecule has 1 heterocycles. The van der Waals surface area contributed by atoms with E-state index in [2.05, 4.69) is 42.6 Å². The van der Waals surface area contributed by atoms with E-state index in [0.29, 0.717) is 6.04 Å². The first-order valence-corrected chi connectivity index (χ1v) is 7.95. The fourth-order valence-electron chi connectivity index (χ4n) is 2.48. The summed E-state index contributed by atoms with van der Waals surface area (Å²) in [4.78, 5) is 0. The topological polar surface area (TPSA) is 12.0 Å². The van der Waals surface area contributed by atoms with Crippen molar-refractivity contribution in [1.82, 2.24) is 0 Å². The molecule has 0 aliphatic carbocycles. The van der Waals surface area contributed by atoms with Gasteiger partial charge in [0.1, 0.15) is 0 Å². The van der Waals surface area contributed by atoms with Crippen molar-refractivity contribution in [3.05, 3.63) is 64.2 Å². The number of aryl methyl sites for hydroxylation is 1. The van der Waals surface area contributed by atoms with Gasteiger partial charge in [-0.25, -0.2) is 0 Å². The maximum atomic E-state index is 6.01. The van der Waals surface area contributed by atoms with Crippen LogP contribution in [-0.4, -0.2) is 5.75 Å². The number of nitrogens with one attached hydrogen (secondary N) is 1. The summed E-state index contributed by atoms with van der Waals surface area (Å²) in [7, 11) is 0. The Bertz CT molecular complexity index is 597. The van der Waals surface area contributed by atoms with Gasteiger partial charge in [-0.15, -0.1) is 0 Å². The molecule has 0 saturated carbocycles. The van der Waals surface area contributed by atoms with E-state index >= 15 is 0 Å². The lowest BCUT2D eigenvalue weighted by Gasteiger charge is -2.27. The lowest BCUT2D eigenvalue weighted by molar-refractivity contribution is 0.869. The predicted molar refractivity (Wildman–Crippen MR) is 85.2 cm³/mol. The van der Waals surface area contributed by atoms with E-state index in [1.807, 2.05) is 23.9 Å². The fourth-order valence-corrected chi connectivity index (χ4v) is 3.80. The van der Waals surface area contributed by atoms with Crippen molar-refractivity contribution >= 4 is 29.1 Å². The summed E-state index contributed by atoms with van der Waals surface area (Å²) in [6.45, 7) is 2.09. The SMILES string of the molecule is Cc1cc(Cl)ccc1NC1CSCc2ccccc21. The van der Waals surface area contributed by atoms with E-state index in [9.17, 15) is 0 Å². The van der Waals surface area contributed by atoms with Crippen molar-refractivity contribution in [2.45, 2.75) is 18.7 Å². The van der Waals surface area contributed by atoms with Crippen LogP contribution in [0.25, 0.3) is 0 Å². The number of thioether (sulfide) groups is 1. The maximum absolute atomic E-state index is 6.01. The normalized spacial score (nSPS) is 17.9. The van der Waals surface area contributed by atoms with Gasteiger partial charge < -0.3 is 5.32 Å². The van der Waals surface area contributed by atoms with E-state index in [1.54, 1.807) is 0 Å². The number of hydrogen-bond acceptors (Lipinski definition) is 2. The lowest BCUT2D eigenvalue weighted by Crippen LogP contribution is -2.19. The van der Waals surface area contributed by atoms with E-state index in [-0.39, 0.29) is 0 Å². The van der Waals surface area contributed by atoms with Crippen LogP contribution in [-0.2, 0) is 5.75 Å². The molecule has 0 radical (unpaired) electrons. The number of halogens is 1. The molecule has 19 heavy (non-hydrogen) atoms. The van der Waals surface area contributed by atoms with Gasteiger partial charge in [0.25, 0.3) is 0 Å². The Morgan fingerprint density at radius 2 is 2.05 bits per heavy atom. The lowest BCUT2D eigenvalue weighted by atomic mass is 10.0. The highest BCUT2D eigenvalue weighted by molar-refractivity contribution is 7.98. The zero-order valence-corrected chi connectivity index (χ0v) is 12.4. The van der Waals surface area contributed by atoms with Gasteiger partial charge >= 0.3 is 0 Å². The summed E-state index contributed by atoms with van der Waals surface area (Å²) < 4.78 is 0. The maximum Gasteiger partial charge on any atom is 0.0607 e. The summed E-state index contributed by atoms with van der Waals surface area (Å²) in [6.07, 6.45) is 0. The van der Waals surface area contributed by atoms with Crippen molar-refractivity contribution in [2.24, 2.45) is 0 Å². The first kappa shape index (κ1) is 12.9.